The summed E-state index contributed by atoms with van der Waals surface area (Å²) in [5, 5.41) is 13.1. The van der Waals surface area contributed by atoms with Crippen LogP contribution in [0.5, 0.6) is 0 Å². The van der Waals surface area contributed by atoms with Gasteiger partial charge in [0, 0.05) is 25.6 Å². The van der Waals surface area contributed by atoms with Crippen LogP contribution in [0.1, 0.15) is 47.0 Å². The maximum Gasteiger partial charge on any atom is 0.219 e. The number of β-amino-alcohol motifs (C(OH)–C–C–N with tert-alkyl or cyclic N) is 1. The molecule has 118 valence electrons. The van der Waals surface area contributed by atoms with Crippen molar-refractivity contribution in [2.24, 2.45) is 0 Å². The molecule has 1 heterocycles. The molecule has 0 aliphatic carbocycles. The average molecular weight is 286 g/mol. The van der Waals surface area contributed by atoms with Crippen LogP contribution in [0.3, 0.4) is 0 Å². The fraction of sp³-hybridized carbons (Fsp3) is 0.933. The molecule has 2 N–H and O–H groups in total. The molecule has 5 nitrogen and oxygen atoms in total. The Morgan fingerprint density at radius 2 is 2.20 bits per heavy atom. The predicted molar refractivity (Wildman–Crippen MR) is 79.6 cm³/mol. The Labute approximate surface area is 122 Å². The lowest BCUT2D eigenvalue weighted by molar-refractivity contribution is -0.121. The van der Waals surface area contributed by atoms with Crippen LogP contribution in [-0.4, -0.2) is 59.9 Å². The number of piperidine rings is 1. The number of hydrogen-bond donors (Lipinski definition) is 2. The summed E-state index contributed by atoms with van der Waals surface area (Å²) in [5.41, 5.74) is -0.222. The van der Waals surface area contributed by atoms with Crippen molar-refractivity contribution >= 4 is 5.91 Å². The number of amides is 1. The monoisotopic (exact) mass is 286 g/mol. The molecule has 20 heavy (non-hydrogen) atoms. The van der Waals surface area contributed by atoms with Gasteiger partial charge in [-0.1, -0.05) is 6.92 Å². The van der Waals surface area contributed by atoms with Crippen molar-refractivity contribution < 1.29 is 14.6 Å². The van der Waals surface area contributed by atoms with Crippen LogP contribution in [0.15, 0.2) is 0 Å². The quantitative estimate of drug-likeness (QED) is 0.769. The lowest BCUT2D eigenvalue weighted by atomic mass is 10.1. The van der Waals surface area contributed by atoms with Gasteiger partial charge in [0.2, 0.25) is 5.91 Å². The van der Waals surface area contributed by atoms with E-state index in [4.69, 9.17) is 4.74 Å². The summed E-state index contributed by atoms with van der Waals surface area (Å²) in [6.45, 7) is 10.6. The number of carbonyl (C=O) groups is 1. The van der Waals surface area contributed by atoms with E-state index in [0.717, 1.165) is 25.9 Å². The molecule has 1 fully saturated rings. The number of aliphatic hydroxyl groups excluding tert-OH is 1. The molecule has 5 heteroatoms. The fourth-order valence-electron chi connectivity index (χ4n) is 2.37. The van der Waals surface area contributed by atoms with Crippen LogP contribution in [0.25, 0.3) is 0 Å². The van der Waals surface area contributed by atoms with E-state index in [2.05, 4.69) is 10.2 Å². The minimum absolute atomic E-state index is 0.105. The van der Waals surface area contributed by atoms with Crippen LogP contribution in [0.2, 0.25) is 0 Å². The number of ether oxygens (including phenoxy) is 1. The summed E-state index contributed by atoms with van der Waals surface area (Å²) in [6, 6.07) is 0.215. The molecule has 0 aromatic heterocycles. The summed E-state index contributed by atoms with van der Waals surface area (Å²) in [4.78, 5) is 13.6. The fourth-order valence-corrected chi connectivity index (χ4v) is 2.37. The number of hydrogen-bond acceptors (Lipinski definition) is 4. The van der Waals surface area contributed by atoms with Crippen molar-refractivity contribution in [1.82, 2.24) is 10.2 Å². The first kappa shape index (κ1) is 17.4. The zero-order valence-corrected chi connectivity index (χ0v) is 13.3. The highest BCUT2D eigenvalue weighted by Crippen LogP contribution is 2.12. The summed E-state index contributed by atoms with van der Waals surface area (Å²) in [6.07, 6.45) is 2.13. The topological polar surface area (TPSA) is 61.8 Å². The Hall–Kier alpha value is -0.650. The van der Waals surface area contributed by atoms with Gasteiger partial charge in [-0.25, -0.2) is 0 Å². The first-order chi connectivity index (χ1) is 9.30. The standard InChI is InChI=1S/C15H30N2O3/c1-5-14(19)16-12-7-6-8-17(9-12)10-13(18)11-20-15(2,3)4/h12-13,18H,5-11H2,1-4H3,(H,16,19). The summed E-state index contributed by atoms with van der Waals surface area (Å²) >= 11 is 0. The number of nitrogens with one attached hydrogen (secondary N) is 1. The maximum absolute atomic E-state index is 11.4. The SMILES string of the molecule is CCC(=O)NC1CCCN(CC(O)COC(C)(C)C)C1. The summed E-state index contributed by atoms with van der Waals surface area (Å²) in [7, 11) is 0. The van der Waals surface area contributed by atoms with Crippen LogP contribution in [0.4, 0.5) is 0 Å². The average Bonchev–Trinajstić information content (AvgIpc) is 2.36. The third-order valence-electron chi connectivity index (χ3n) is 3.37. The summed E-state index contributed by atoms with van der Waals surface area (Å²) < 4.78 is 5.60. The number of nitrogens with zero attached hydrogens (tertiary/aromatic N) is 1. The number of rotatable bonds is 6. The molecule has 1 saturated heterocycles. The molecule has 1 aliphatic heterocycles. The Bertz CT molecular complexity index is 302. The van der Waals surface area contributed by atoms with Gasteiger partial charge in [-0.05, 0) is 40.2 Å². The van der Waals surface area contributed by atoms with E-state index in [-0.39, 0.29) is 17.6 Å². The van der Waals surface area contributed by atoms with E-state index in [1.54, 1.807) is 0 Å². The van der Waals surface area contributed by atoms with E-state index < -0.39 is 6.10 Å². The molecule has 0 saturated carbocycles. The Morgan fingerprint density at radius 3 is 2.80 bits per heavy atom. The van der Waals surface area contributed by atoms with Crippen molar-refractivity contribution in [1.29, 1.82) is 0 Å². The van der Waals surface area contributed by atoms with Crippen molar-refractivity contribution in [3.8, 4) is 0 Å². The molecular weight excluding hydrogens is 256 g/mol. The molecule has 1 amide bonds. The predicted octanol–water partition coefficient (Wildman–Crippen LogP) is 1.15. The van der Waals surface area contributed by atoms with Crippen LogP contribution in [0, 0.1) is 0 Å². The Morgan fingerprint density at radius 1 is 1.50 bits per heavy atom. The normalized spacial score (nSPS) is 22.6. The number of likely N-dealkylation sites (tertiary alicyclic amines) is 1. The van der Waals surface area contributed by atoms with Gasteiger partial charge in [0.25, 0.3) is 0 Å². The van der Waals surface area contributed by atoms with Gasteiger partial charge in [0.15, 0.2) is 0 Å². The van der Waals surface area contributed by atoms with E-state index in [1.807, 2.05) is 27.7 Å². The van der Waals surface area contributed by atoms with Crippen LogP contribution in [-0.2, 0) is 9.53 Å². The van der Waals surface area contributed by atoms with E-state index in [9.17, 15) is 9.90 Å². The summed E-state index contributed by atoms with van der Waals surface area (Å²) in [5.74, 6) is 0.105. The molecular formula is C15H30N2O3. The maximum atomic E-state index is 11.4. The van der Waals surface area contributed by atoms with E-state index in [0.29, 0.717) is 19.6 Å². The Balaban J connectivity index is 2.30. The molecule has 2 atom stereocenters. The molecule has 2 unspecified atom stereocenters. The molecule has 0 spiro atoms. The van der Waals surface area contributed by atoms with Crippen molar-refractivity contribution in [3.63, 3.8) is 0 Å². The highest BCUT2D eigenvalue weighted by atomic mass is 16.5. The number of carbonyl (C=O) groups excluding carboxylic acids is 1. The van der Waals surface area contributed by atoms with Gasteiger partial charge in [0.05, 0.1) is 18.3 Å². The second-order valence-electron chi connectivity index (χ2n) is 6.60. The lowest BCUT2D eigenvalue weighted by Crippen LogP contribution is -2.50. The first-order valence-corrected chi connectivity index (χ1v) is 7.64. The van der Waals surface area contributed by atoms with E-state index in [1.165, 1.54) is 0 Å². The highest BCUT2D eigenvalue weighted by molar-refractivity contribution is 5.75. The Kier molecular flexibility index (Phi) is 6.92. The van der Waals surface area contributed by atoms with Gasteiger partial charge in [-0.15, -0.1) is 0 Å². The second-order valence-corrected chi connectivity index (χ2v) is 6.60. The van der Waals surface area contributed by atoms with Gasteiger partial charge in [0.1, 0.15) is 0 Å². The molecule has 0 aromatic carbocycles. The molecule has 1 aliphatic rings. The number of aliphatic hydroxyl groups is 1. The molecule has 1 rings (SSSR count). The van der Waals surface area contributed by atoms with Crippen LogP contribution < -0.4 is 5.32 Å². The van der Waals surface area contributed by atoms with E-state index >= 15 is 0 Å². The zero-order valence-electron chi connectivity index (χ0n) is 13.3. The third kappa shape index (κ3) is 7.22. The largest absolute Gasteiger partial charge is 0.389 e. The minimum atomic E-state index is -0.477. The van der Waals surface area contributed by atoms with Crippen molar-refractivity contribution in [2.45, 2.75) is 64.7 Å². The first-order valence-electron chi connectivity index (χ1n) is 7.64. The molecule has 0 aromatic rings. The lowest BCUT2D eigenvalue weighted by Gasteiger charge is -2.34. The molecule has 0 bridgehead atoms. The smallest absolute Gasteiger partial charge is 0.219 e. The van der Waals surface area contributed by atoms with Gasteiger partial charge >= 0.3 is 0 Å². The zero-order chi connectivity index (χ0) is 15.2. The molecule has 0 radical (unpaired) electrons. The van der Waals surface area contributed by atoms with Crippen molar-refractivity contribution in [3.05, 3.63) is 0 Å². The third-order valence-corrected chi connectivity index (χ3v) is 3.37. The van der Waals surface area contributed by atoms with Gasteiger partial charge < -0.3 is 15.2 Å². The highest BCUT2D eigenvalue weighted by Gasteiger charge is 2.23. The van der Waals surface area contributed by atoms with Gasteiger partial charge in [-0.3, -0.25) is 9.69 Å². The van der Waals surface area contributed by atoms with Gasteiger partial charge in [-0.2, -0.15) is 0 Å². The van der Waals surface area contributed by atoms with Crippen molar-refractivity contribution in [2.75, 3.05) is 26.2 Å². The second kappa shape index (κ2) is 7.96. The minimum Gasteiger partial charge on any atom is -0.389 e. The van der Waals surface area contributed by atoms with Crippen LogP contribution >= 0.6 is 0 Å².